The van der Waals surface area contributed by atoms with Gasteiger partial charge in [0.25, 0.3) is 0 Å². The van der Waals surface area contributed by atoms with Crippen molar-refractivity contribution in [3.8, 4) is 0 Å². The SMILES string of the molecule is Cc1ccc2c(c1)N(Cc1ccc(C[N+]3=C(Cc4cc5ccccc5n4C)Cc4ccccc43)cc1)c1cc(C)ccc1N2Cc1ccc(C[N+]2=C(CC3=[N+](C)c4ccccc4C3)Cc3ccccc32)cc1. The first kappa shape index (κ1) is 43.9. The molecule has 0 atom stereocenters. The molecule has 0 fully saturated rings. The Morgan fingerprint density at radius 2 is 0.861 bits per heavy atom. The van der Waals surface area contributed by atoms with Gasteiger partial charge < -0.3 is 14.4 Å². The summed E-state index contributed by atoms with van der Waals surface area (Å²) in [5.41, 5.74) is 28.1. The first-order chi connectivity index (χ1) is 35.3. The molecule has 5 heterocycles. The van der Waals surface area contributed by atoms with Crippen LogP contribution >= 0.6 is 0 Å². The third kappa shape index (κ3) is 7.96. The molecule has 0 saturated carbocycles. The average molecular weight is 938 g/mol. The van der Waals surface area contributed by atoms with Crippen molar-refractivity contribution in [2.45, 2.75) is 72.1 Å². The number of anilines is 4. The molecule has 1 aromatic heterocycles. The Labute approximate surface area is 424 Å². The quantitative estimate of drug-likeness (QED) is 0.114. The highest BCUT2D eigenvalue weighted by molar-refractivity contribution is 6.05. The minimum atomic E-state index is 0.780. The van der Waals surface area contributed by atoms with Gasteiger partial charge in [-0.3, -0.25) is 0 Å². The number of fused-ring (bicyclic) bond motifs is 6. The number of hydrogen-bond donors (Lipinski definition) is 0. The van der Waals surface area contributed by atoms with Crippen LogP contribution in [-0.2, 0) is 58.9 Å². The molecule has 0 saturated heterocycles. The number of hydrogen-bond acceptors (Lipinski definition) is 2. The maximum atomic E-state index is 2.59. The van der Waals surface area contributed by atoms with E-state index in [1.807, 2.05) is 0 Å². The second-order valence-corrected chi connectivity index (χ2v) is 20.7. The lowest BCUT2D eigenvalue weighted by Crippen LogP contribution is -2.29. The highest BCUT2D eigenvalue weighted by Crippen LogP contribution is 2.50. The second-order valence-electron chi connectivity index (χ2n) is 20.7. The monoisotopic (exact) mass is 937 g/mol. The molecule has 0 N–H and O–H groups in total. The van der Waals surface area contributed by atoms with Crippen molar-refractivity contribution in [1.82, 2.24) is 4.57 Å². The molecule has 0 unspecified atom stereocenters. The summed E-state index contributed by atoms with van der Waals surface area (Å²) in [7, 11) is 4.45. The summed E-state index contributed by atoms with van der Waals surface area (Å²) >= 11 is 0. The van der Waals surface area contributed by atoms with Crippen LogP contribution < -0.4 is 9.80 Å². The fourth-order valence-corrected chi connectivity index (χ4v) is 12.2. The molecule has 72 heavy (non-hydrogen) atoms. The molecular formula is C66H61N6+3. The molecule has 352 valence electrons. The molecule has 0 amide bonds. The van der Waals surface area contributed by atoms with Crippen molar-refractivity contribution in [1.29, 1.82) is 0 Å². The van der Waals surface area contributed by atoms with Crippen molar-refractivity contribution < 1.29 is 13.7 Å². The van der Waals surface area contributed by atoms with Gasteiger partial charge in [-0.05, 0) is 77.9 Å². The maximum absolute atomic E-state index is 2.59. The van der Waals surface area contributed by atoms with Crippen molar-refractivity contribution in [3.63, 3.8) is 0 Å². The Bertz CT molecular complexity index is 3660. The van der Waals surface area contributed by atoms with Crippen LogP contribution in [0.25, 0.3) is 10.9 Å². The molecule has 6 heteroatoms. The van der Waals surface area contributed by atoms with Crippen LogP contribution in [0.4, 0.5) is 39.8 Å². The van der Waals surface area contributed by atoms with E-state index in [1.54, 1.807) is 0 Å². The van der Waals surface area contributed by atoms with Gasteiger partial charge >= 0.3 is 0 Å². The van der Waals surface area contributed by atoms with E-state index in [-0.39, 0.29) is 0 Å². The van der Waals surface area contributed by atoms with E-state index in [4.69, 9.17) is 0 Å². The molecule has 8 aromatic carbocycles. The standard InChI is InChI=1S/C66H61N6/c1-45-21-31-63-65(33-45)72(44-50-29-25-48(26-30-50)42-70-58(38-54-16-8-12-20-62(54)70)40-56-36-52-14-6-10-18-60(52)68(56)4)66-34-46(2)22-32-64(66)71(63)43-49-27-23-47(24-28-49)41-69-57(37-53-15-7-11-19-61(53)69)39-55-35-51-13-5-9-17-59(51)67(55)3/h5-34,36H,35,37-44H2,1-4H3/q+3. The zero-order valence-corrected chi connectivity index (χ0v) is 41.9. The van der Waals surface area contributed by atoms with Crippen molar-refractivity contribution >= 4 is 67.8 Å². The van der Waals surface area contributed by atoms with E-state index in [0.29, 0.717) is 0 Å². The minimum Gasteiger partial charge on any atom is -0.347 e. The van der Waals surface area contributed by atoms with Crippen LogP contribution in [0.5, 0.6) is 0 Å². The van der Waals surface area contributed by atoms with Crippen LogP contribution in [0, 0.1) is 13.8 Å². The van der Waals surface area contributed by atoms with Crippen LogP contribution in [0.3, 0.4) is 0 Å². The topological polar surface area (TPSA) is 20.4 Å². The zero-order valence-electron chi connectivity index (χ0n) is 41.9. The molecule has 4 aliphatic rings. The van der Waals surface area contributed by atoms with Crippen molar-refractivity contribution in [2.75, 3.05) is 16.8 Å². The van der Waals surface area contributed by atoms with Crippen LogP contribution in [0.2, 0.25) is 0 Å². The summed E-state index contributed by atoms with van der Waals surface area (Å²) in [6.45, 7) is 7.70. The number of nitrogens with zero attached hydrogens (tertiary/aromatic N) is 6. The Kier molecular flexibility index (Phi) is 10.9. The zero-order chi connectivity index (χ0) is 48.5. The summed E-state index contributed by atoms with van der Waals surface area (Å²) in [5, 5.41) is 1.30. The summed E-state index contributed by atoms with van der Waals surface area (Å²) in [6, 6.07) is 70.7. The molecule has 9 aromatic rings. The Balaban J connectivity index is 0.754. The Hall–Kier alpha value is -8.09. The minimum absolute atomic E-state index is 0.780. The highest BCUT2D eigenvalue weighted by atomic mass is 15.3. The number of rotatable bonds is 12. The van der Waals surface area contributed by atoms with Gasteiger partial charge in [-0.2, -0.15) is 9.15 Å². The van der Waals surface area contributed by atoms with Gasteiger partial charge in [-0.25, -0.2) is 4.58 Å². The van der Waals surface area contributed by atoms with Crippen molar-refractivity contribution in [3.05, 3.63) is 244 Å². The first-order valence-electron chi connectivity index (χ1n) is 25.8. The molecule has 0 bridgehead atoms. The van der Waals surface area contributed by atoms with Gasteiger partial charge in [-0.15, -0.1) is 0 Å². The van der Waals surface area contributed by atoms with E-state index >= 15 is 0 Å². The molecule has 0 aliphatic carbocycles. The van der Waals surface area contributed by atoms with E-state index < -0.39 is 0 Å². The molecule has 4 aliphatic heterocycles. The lowest BCUT2D eigenvalue weighted by atomic mass is 10.0. The average Bonchev–Trinajstić information content (AvgIpc) is 4.13. The smallest absolute Gasteiger partial charge is 0.209 e. The van der Waals surface area contributed by atoms with Gasteiger partial charge in [-0.1, -0.05) is 133 Å². The van der Waals surface area contributed by atoms with Gasteiger partial charge in [0.2, 0.25) is 17.1 Å². The number of aromatic nitrogens is 1. The first-order valence-corrected chi connectivity index (χ1v) is 25.8. The van der Waals surface area contributed by atoms with Crippen LogP contribution in [0.1, 0.15) is 62.2 Å². The molecule has 13 rings (SSSR count). The third-order valence-electron chi connectivity index (χ3n) is 16.0. The molecule has 0 spiro atoms. The van der Waals surface area contributed by atoms with Gasteiger partial charge in [0.15, 0.2) is 30.2 Å². The summed E-state index contributed by atoms with van der Waals surface area (Å²) in [6.07, 6.45) is 4.90. The van der Waals surface area contributed by atoms with E-state index in [0.717, 1.165) is 58.3 Å². The van der Waals surface area contributed by atoms with Gasteiger partial charge in [0.05, 0.1) is 48.4 Å². The van der Waals surface area contributed by atoms with E-state index in [2.05, 4.69) is 244 Å². The Morgan fingerprint density at radius 1 is 0.417 bits per heavy atom. The summed E-state index contributed by atoms with van der Waals surface area (Å²) < 4.78 is 9.95. The molecule has 6 nitrogen and oxygen atoms in total. The van der Waals surface area contributed by atoms with E-state index in [9.17, 15) is 0 Å². The number of para-hydroxylation sites is 4. The normalized spacial score (nSPS) is 14.6. The van der Waals surface area contributed by atoms with E-state index in [1.165, 1.54) is 124 Å². The predicted molar refractivity (Wildman–Crippen MR) is 297 cm³/mol. The second kappa shape index (κ2) is 17.9. The fourth-order valence-electron chi connectivity index (χ4n) is 12.2. The predicted octanol–water partition coefficient (Wildman–Crippen LogP) is 14.1. The third-order valence-corrected chi connectivity index (χ3v) is 16.0. The van der Waals surface area contributed by atoms with Gasteiger partial charge in [0.1, 0.15) is 13.5 Å². The summed E-state index contributed by atoms with van der Waals surface area (Å²) in [5.74, 6) is 0. The Morgan fingerprint density at radius 3 is 1.40 bits per heavy atom. The van der Waals surface area contributed by atoms with Crippen molar-refractivity contribution in [2.24, 2.45) is 7.05 Å². The lowest BCUT2D eigenvalue weighted by Gasteiger charge is -2.41. The summed E-state index contributed by atoms with van der Waals surface area (Å²) in [4.78, 5) is 5.09. The molecular weight excluding hydrogens is 877 g/mol. The maximum Gasteiger partial charge on any atom is 0.209 e. The number of benzene rings is 8. The lowest BCUT2D eigenvalue weighted by molar-refractivity contribution is -0.456. The fraction of sp³-hybridized carbons (Fsp3) is 0.197. The molecule has 0 radical (unpaired) electrons. The largest absolute Gasteiger partial charge is 0.347 e. The van der Waals surface area contributed by atoms with Crippen LogP contribution in [-0.4, -0.2) is 42.5 Å². The van der Waals surface area contributed by atoms with Crippen LogP contribution in [0.15, 0.2) is 188 Å². The highest BCUT2D eigenvalue weighted by Gasteiger charge is 2.36. The van der Waals surface area contributed by atoms with Gasteiger partial charge in [0, 0.05) is 77.4 Å². The number of aryl methyl sites for hydroxylation is 3.